The van der Waals surface area contributed by atoms with Crippen LogP contribution < -0.4 is 16.8 Å². The molecule has 1 atom stereocenters. The summed E-state index contributed by atoms with van der Waals surface area (Å²) in [4.78, 5) is 26.0. The Labute approximate surface area is 192 Å². The number of hydrogen-bond donors (Lipinski definition) is 3. The number of methoxy groups -OCH3 is 1. The van der Waals surface area contributed by atoms with Crippen LogP contribution in [0.3, 0.4) is 0 Å². The quantitative estimate of drug-likeness (QED) is 0.306. The highest BCUT2D eigenvalue weighted by atomic mass is 35.5. The zero-order chi connectivity index (χ0) is 23.5. The lowest BCUT2D eigenvalue weighted by Gasteiger charge is -2.32. The van der Waals surface area contributed by atoms with Gasteiger partial charge in [0.15, 0.2) is 0 Å². The predicted molar refractivity (Wildman–Crippen MR) is 120 cm³/mol. The van der Waals surface area contributed by atoms with Gasteiger partial charge in [-0.2, -0.15) is 0 Å². The van der Waals surface area contributed by atoms with Crippen molar-refractivity contribution in [3.8, 4) is 0 Å². The van der Waals surface area contributed by atoms with Crippen LogP contribution in [0.2, 0.25) is 5.02 Å². The maximum absolute atomic E-state index is 13.1. The van der Waals surface area contributed by atoms with Crippen LogP contribution in [0.5, 0.6) is 0 Å². The average Bonchev–Trinajstić information content (AvgIpc) is 2.79. The Bertz CT molecular complexity index is 871. The number of carbonyl (C=O) groups is 2. The maximum Gasteiger partial charge on any atom is 0.336 e. The van der Waals surface area contributed by atoms with Crippen molar-refractivity contribution in [3.63, 3.8) is 0 Å². The van der Waals surface area contributed by atoms with Gasteiger partial charge < -0.3 is 35.7 Å². The number of carbonyl (C=O) groups excluding carboxylic acids is 2. The van der Waals surface area contributed by atoms with Gasteiger partial charge in [-0.3, -0.25) is 0 Å². The third kappa shape index (κ3) is 6.30. The first kappa shape index (κ1) is 25.8. The molecule has 0 bridgehead atoms. The van der Waals surface area contributed by atoms with Gasteiger partial charge in [-0.1, -0.05) is 29.8 Å². The van der Waals surface area contributed by atoms with Crippen molar-refractivity contribution >= 4 is 23.5 Å². The Hall–Kier alpha value is -2.43. The zero-order valence-electron chi connectivity index (χ0n) is 18.3. The molecule has 0 amide bonds. The third-order valence-corrected chi connectivity index (χ3v) is 5.01. The molecule has 10 heteroatoms. The molecule has 0 radical (unpaired) electrons. The number of ether oxygens (including phenoxy) is 4. The van der Waals surface area contributed by atoms with E-state index >= 15 is 0 Å². The van der Waals surface area contributed by atoms with E-state index in [1.165, 1.54) is 7.11 Å². The smallest absolute Gasteiger partial charge is 0.336 e. The van der Waals surface area contributed by atoms with Crippen LogP contribution in [-0.2, 0) is 28.5 Å². The first-order valence-electron chi connectivity index (χ1n) is 10.3. The molecule has 1 unspecified atom stereocenters. The molecule has 0 fully saturated rings. The second-order valence-electron chi connectivity index (χ2n) is 6.76. The van der Waals surface area contributed by atoms with Crippen molar-refractivity contribution < 1.29 is 28.5 Å². The van der Waals surface area contributed by atoms with Crippen molar-refractivity contribution in [2.45, 2.75) is 12.8 Å². The molecule has 1 aromatic carbocycles. The molecule has 1 heterocycles. The van der Waals surface area contributed by atoms with Gasteiger partial charge in [0.2, 0.25) is 0 Å². The van der Waals surface area contributed by atoms with Crippen LogP contribution in [0.25, 0.3) is 0 Å². The number of rotatable bonds is 12. The van der Waals surface area contributed by atoms with E-state index in [1.807, 2.05) is 0 Å². The Morgan fingerprint density at radius 2 is 1.56 bits per heavy atom. The fourth-order valence-corrected chi connectivity index (χ4v) is 3.62. The van der Waals surface area contributed by atoms with Gasteiger partial charge >= 0.3 is 11.9 Å². The van der Waals surface area contributed by atoms with E-state index in [4.69, 9.17) is 42.0 Å². The van der Waals surface area contributed by atoms with E-state index in [-0.39, 0.29) is 44.2 Å². The summed E-state index contributed by atoms with van der Waals surface area (Å²) in [5.74, 6) is -2.08. The molecule has 9 nitrogen and oxygen atoms in total. The molecule has 2 rings (SSSR count). The highest BCUT2D eigenvalue weighted by molar-refractivity contribution is 6.31. The van der Waals surface area contributed by atoms with Gasteiger partial charge in [0.1, 0.15) is 0 Å². The molecular weight excluding hydrogens is 438 g/mol. The van der Waals surface area contributed by atoms with Gasteiger partial charge in [-0.15, -0.1) is 0 Å². The number of benzene rings is 1. The first-order valence-corrected chi connectivity index (χ1v) is 10.7. The topological polar surface area (TPSA) is 135 Å². The van der Waals surface area contributed by atoms with Gasteiger partial charge in [0, 0.05) is 18.1 Å². The van der Waals surface area contributed by atoms with Crippen LogP contribution in [-0.4, -0.2) is 65.2 Å². The summed E-state index contributed by atoms with van der Waals surface area (Å²) in [5.41, 5.74) is 12.9. The van der Waals surface area contributed by atoms with E-state index in [2.05, 4.69) is 5.32 Å². The second-order valence-corrected chi connectivity index (χ2v) is 7.17. The molecule has 0 spiro atoms. The van der Waals surface area contributed by atoms with Crippen LogP contribution in [0.4, 0.5) is 0 Å². The lowest BCUT2D eigenvalue weighted by atomic mass is 9.80. The number of dihydropyridines is 1. The summed E-state index contributed by atoms with van der Waals surface area (Å²) >= 11 is 6.50. The summed E-state index contributed by atoms with van der Waals surface area (Å²) in [6.45, 7) is 3.12. The average molecular weight is 468 g/mol. The molecule has 1 aliphatic heterocycles. The van der Waals surface area contributed by atoms with E-state index < -0.39 is 17.9 Å². The molecule has 5 N–H and O–H groups in total. The van der Waals surface area contributed by atoms with Crippen LogP contribution >= 0.6 is 11.6 Å². The van der Waals surface area contributed by atoms with Crippen molar-refractivity contribution in [2.75, 3.05) is 53.2 Å². The van der Waals surface area contributed by atoms with Crippen molar-refractivity contribution in [1.82, 2.24) is 5.32 Å². The van der Waals surface area contributed by atoms with E-state index in [1.54, 1.807) is 31.2 Å². The fraction of sp³-hybridized carbons (Fsp3) is 0.455. The molecule has 0 saturated heterocycles. The van der Waals surface area contributed by atoms with Crippen molar-refractivity contribution in [3.05, 3.63) is 57.4 Å². The Morgan fingerprint density at radius 3 is 2.06 bits per heavy atom. The molecule has 0 aromatic heterocycles. The molecule has 1 aromatic rings. The highest BCUT2D eigenvalue weighted by Crippen LogP contribution is 2.42. The number of esters is 2. The summed E-state index contributed by atoms with van der Waals surface area (Å²) < 4.78 is 21.6. The van der Waals surface area contributed by atoms with Gasteiger partial charge in [0.25, 0.3) is 0 Å². The van der Waals surface area contributed by atoms with E-state index in [9.17, 15) is 9.59 Å². The number of hydrogen-bond acceptors (Lipinski definition) is 9. The summed E-state index contributed by atoms with van der Waals surface area (Å²) in [7, 11) is 1.27. The summed E-state index contributed by atoms with van der Waals surface area (Å²) in [6, 6.07) is 6.97. The molecular formula is C22H30ClN3O6. The van der Waals surface area contributed by atoms with Gasteiger partial charge in [-0.25, -0.2) is 9.59 Å². The summed E-state index contributed by atoms with van der Waals surface area (Å²) in [5, 5.41) is 3.51. The number of halogens is 1. The van der Waals surface area contributed by atoms with E-state index in [0.29, 0.717) is 35.1 Å². The van der Waals surface area contributed by atoms with Gasteiger partial charge in [0.05, 0.1) is 68.6 Å². The monoisotopic (exact) mass is 467 g/mol. The van der Waals surface area contributed by atoms with Crippen molar-refractivity contribution in [1.29, 1.82) is 0 Å². The lowest BCUT2D eigenvalue weighted by Crippen LogP contribution is -2.37. The Balaban J connectivity index is 2.71. The van der Waals surface area contributed by atoms with Crippen LogP contribution in [0.1, 0.15) is 18.4 Å². The minimum atomic E-state index is -0.857. The summed E-state index contributed by atoms with van der Waals surface area (Å²) in [6.07, 6.45) is 0. The van der Waals surface area contributed by atoms with E-state index in [0.717, 1.165) is 0 Å². The van der Waals surface area contributed by atoms with Crippen molar-refractivity contribution in [2.24, 2.45) is 11.5 Å². The second kappa shape index (κ2) is 13.2. The van der Waals surface area contributed by atoms with Crippen LogP contribution in [0.15, 0.2) is 46.8 Å². The largest absolute Gasteiger partial charge is 0.466 e. The maximum atomic E-state index is 13.1. The fourth-order valence-electron chi connectivity index (χ4n) is 3.37. The van der Waals surface area contributed by atoms with Gasteiger partial charge in [-0.05, 0) is 18.6 Å². The molecule has 0 aliphatic carbocycles. The molecule has 0 saturated carbocycles. The first-order chi connectivity index (χ1) is 15.5. The third-order valence-electron chi connectivity index (χ3n) is 4.66. The lowest BCUT2D eigenvalue weighted by molar-refractivity contribution is -0.139. The number of nitrogens with one attached hydrogen (secondary N) is 1. The zero-order valence-corrected chi connectivity index (χ0v) is 19.1. The normalized spacial score (nSPS) is 16.1. The molecule has 1 aliphatic rings. The van der Waals surface area contributed by atoms with Crippen LogP contribution in [0, 0.1) is 0 Å². The minimum absolute atomic E-state index is 0.0408. The highest BCUT2D eigenvalue weighted by Gasteiger charge is 2.40. The SMILES string of the molecule is CCOC(=O)C1=C(COCCN)NC(COCCN)=C(C(=O)OC)C1c1ccccc1Cl. The Kier molecular flexibility index (Phi) is 10.6. The molecule has 32 heavy (non-hydrogen) atoms. The standard InChI is InChI=1S/C22H30ClN3O6/c1-3-32-22(28)20-17(13-31-11-9-25)26-16(12-30-10-8-24)19(21(27)29-2)18(20)14-6-4-5-7-15(14)23/h4-7,18,26H,3,8-13,24-25H2,1-2H3. The minimum Gasteiger partial charge on any atom is -0.466 e. The number of nitrogens with two attached hydrogens (primary N) is 2. The Morgan fingerprint density at radius 1 is 1.00 bits per heavy atom. The predicted octanol–water partition coefficient (Wildman–Crippen LogP) is 1.22. The molecule has 176 valence electrons.